The maximum atomic E-state index is 5.74. The lowest BCUT2D eigenvalue weighted by Crippen LogP contribution is -1.88. The molecule has 0 bridgehead atoms. The minimum atomic E-state index is 0.716. The van der Waals surface area contributed by atoms with Crippen LogP contribution in [-0.2, 0) is 0 Å². The molecule has 1 aromatic heterocycles. The summed E-state index contributed by atoms with van der Waals surface area (Å²) in [4.78, 5) is 4.27. The predicted molar refractivity (Wildman–Crippen MR) is 53.9 cm³/mol. The average Bonchev–Trinajstić information content (AvgIpc) is 2.07. The van der Waals surface area contributed by atoms with Crippen molar-refractivity contribution in [2.45, 2.75) is 0 Å². The van der Waals surface area contributed by atoms with E-state index in [-0.39, 0.29) is 0 Å². The maximum Gasteiger partial charge on any atom is 0.106 e. The van der Waals surface area contributed by atoms with Gasteiger partial charge < -0.3 is 5.73 Å². The highest BCUT2D eigenvalue weighted by molar-refractivity contribution is 9.10. The highest BCUT2D eigenvalue weighted by atomic mass is 79.9. The summed E-state index contributed by atoms with van der Waals surface area (Å²) < 4.78 is 0.813. The standard InChI is InChI=1S/C9H7BrN2/c10-8-5-4-6-2-1-3-7(11)9(6)12-8/h1-5H,11H2. The van der Waals surface area contributed by atoms with E-state index in [0.717, 1.165) is 15.5 Å². The Kier molecular flexibility index (Phi) is 1.73. The molecule has 2 N–H and O–H groups in total. The molecule has 0 amide bonds. The Morgan fingerprint density at radius 3 is 2.83 bits per heavy atom. The molecule has 0 aliphatic carbocycles. The van der Waals surface area contributed by atoms with Gasteiger partial charge in [0.2, 0.25) is 0 Å². The van der Waals surface area contributed by atoms with Crippen molar-refractivity contribution in [1.29, 1.82) is 0 Å². The molecule has 0 spiro atoms. The van der Waals surface area contributed by atoms with Gasteiger partial charge in [-0.3, -0.25) is 0 Å². The van der Waals surface area contributed by atoms with Crippen LogP contribution in [0.1, 0.15) is 0 Å². The summed E-state index contributed by atoms with van der Waals surface area (Å²) in [6.45, 7) is 0. The summed E-state index contributed by atoms with van der Waals surface area (Å²) in [5, 5.41) is 1.07. The topological polar surface area (TPSA) is 38.9 Å². The molecule has 1 heterocycles. The van der Waals surface area contributed by atoms with Crippen LogP contribution in [0.2, 0.25) is 0 Å². The van der Waals surface area contributed by atoms with E-state index < -0.39 is 0 Å². The molecule has 0 fully saturated rings. The molecule has 2 aromatic rings. The number of halogens is 1. The van der Waals surface area contributed by atoms with E-state index in [0.29, 0.717) is 5.69 Å². The highest BCUT2D eigenvalue weighted by Gasteiger charge is 1.98. The molecule has 0 radical (unpaired) electrons. The van der Waals surface area contributed by atoms with E-state index in [1.165, 1.54) is 0 Å². The molecular formula is C9H7BrN2. The number of hydrogen-bond donors (Lipinski definition) is 1. The Balaban J connectivity index is 2.88. The van der Waals surface area contributed by atoms with Gasteiger partial charge in [0.25, 0.3) is 0 Å². The van der Waals surface area contributed by atoms with Crippen molar-refractivity contribution in [3.05, 3.63) is 34.9 Å². The van der Waals surface area contributed by atoms with E-state index in [4.69, 9.17) is 5.73 Å². The quantitative estimate of drug-likeness (QED) is 0.550. The summed E-state index contributed by atoms with van der Waals surface area (Å²) in [6, 6.07) is 9.66. The molecule has 0 unspecified atom stereocenters. The lowest BCUT2D eigenvalue weighted by molar-refractivity contribution is 1.35. The van der Waals surface area contributed by atoms with E-state index in [2.05, 4.69) is 20.9 Å². The third kappa shape index (κ3) is 1.16. The Hall–Kier alpha value is -1.09. The lowest BCUT2D eigenvalue weighted by Gasteiger charge is -1.99. The van der Waals surface area contributed by atoms with Crippen LogP contribution < -0.4 is 5.73 Å². The fourth-order valence-electron chi connectivity index (χ4n) is 1.15. The number of para-hydroxylation sites is 1. The second kappa shape index (κ2) is 2.75. The number of anilines is 1. The van der Waals surface area contributed by atoms with E-state index in [1.54, 1.807) is 0 Å². The molecule has 2 nitrogen and oxygen atoms in total. The molecule has 12 heavy (non-hydrogen) atoms. The number of rotatable bonds is 0. The van der Waals surface area contributed by atoms with Crippen LogP contribution in [0.5, 0.6) is 0 Å². The van der Waals surface area contributed by atoms with Crippen LogP contribution in [-0.4, -0.2) is 4.98 Å². The fraction of sp³-hybridized carbons (Fsp3) is 0. The first-order valence-corrected chi connectivity index (χ1v) is 4.37. The van der Waals surface area contributed by atoms with Crippen LogP contribution in [0.25, 0.3) is 10.9 Å². The van der Waals surface area contributed by atoms with Crippen molar-refractivity contribution in [2.75, 3.05) is 5.73 Å². The summed E-state index contributed by atoms with van der Waals surface area (Å²) in [6.07, 6.45) is 0. The van der Waals surface area contributed by atoms with Crippen molar-refractivity contribution in [2.24, 2.45) is 0 Å². The van der Waals surface area contributed by atoms with Crippen LogP contribution in [0.3, 0.4) is 0 Å². The van der Waals surface area contributed by atoms with Gasteiger partial charge in [-0.25, -0.2) is 4.98 Å². The highest BCUT2D eigenvalue weighted by Crippen LogP contribution is 2.20. The first-order valence-electron chi connectivity index (χ1n) is 3.58. The van der Waals surface area contributed by atoms with Crippen LogP contribution >= 0.6 is 15.9 Å². The second-order valence-corrected chi connectivity index (χ2v) is 3.37. The van der Waals surface area contributed by atoms with E-state index in [9.17, 15) is 0 Å². The van der Waals surface area contributed by atoms with Gasteiger partial charge in [-0.2, -0.15) is 0 Å². The molecule has 2 rings (SSSR count). The third-order valence-corrected chi connectivity index (χ3v) is 2.16. The van der Waals surface area contributed by atoms with Gasteiger partial charge in [-0.15, -0.1) is 0 Å². The third-order valence-electron chi connectivity index (χ3n) is 1.72. The Morgan fingerprint density at radius 1 is 1.17 bits per heavy atom. The van der Waals surface area contributed by atoms with Crippen molar-refractivity contribution in [3.8, 4) is 0 Å². The largest absolute Gasteiger partial charge is 0.397 e. The molecule has 3 heteroatoms. The number of aromatic nitrogens is 1. The molecule has 0 atom stereocenters. The molecule has 0 aliphatic rings. The summed E-state index contributed by atoms with van der Waals surface area (Å²) in [5.74, 6) is 0. The first kappa shape index (κ1) is 7.55. The van der Waals surface area contributed by atoms with Gasteiger partial charge in [-0.05, 0) is 28.1 Å². The van der Waals surface area contributed by atoms with Gasteiger partial charge in [0.05, 0.1) is 11.2 Å². The van der Waals surface area contributed by atoms with Crippen LogP contribution in [0, 0.1) is 0 Å². The fourth-order valence-corrected chi connectivity index (χ4v) is 1.46. The van der Waals surface area contributed by atoms with Crippen LogP contribution in [0.4, 0.5) is 5.69 Å². The molecule has 60 valence electrons. The number of benzene rings is 1. The second-order valence-electron chi connectivity index (χ2n) is 2.55. The summed E-state index contributed by atoms with van der Waals surface area (Å²) in [5.41, 5.74) is 7.31. The minimum Gasteiger partial charge on any atom is -0.397 e. The van der Waals surface area contributed by atoms with Gasteiger partial charge in [0.1, 0.15) is 4.60 Å². The normalized spacial score (nSPS) is 10.4. The Labute approximate surface area is 78.5 Å². The van der Waals surface area contributed by atoms with Crippen molar-refractivity contribution in [1.82, 2.24) is 4.98 Å². The van der Waals surface area contributed by atoms with Gasteiger partial charge >= 0.3 is 0 Å². The Morgan fingerprint density at radius 2 is 2.00 bits per heavy atom. The molecular weight excluding hydrogens is 216 g/mol. The van der Waals surface area contributed by atoms with E-state index >= 15 is 0 Å². The molecule has 1 aromatic carbocycles. The van der Waals surface area contributed by atoms with Crippen molar-refractivity contribution >= 4 is 32.5 Å². The Bertz CT molecular complexity index is 426. The number of nitrogens with two attached hydrogens (primary N) is 1. The maximum absolute atomic E-state index is 5.74. The molecule has 0 saturated carbocycles. The summed E-state index contributed by atoms with van der Waals surface area (Å²) in [7, 11) is 0. The average molecular weight is 223 g/mol. The van der Waals surface area contributed by atoms with Crippen molar-refractivity contribution in [3.63, 3.8) is 0 Å². The zero-order valence-electron chi connectivity index (χ0n) is 6.29. The van der Waals surface area contributed by atoms with Gasteiger partial charge in [0, 0.05) is 5.39 Å². The monoisotopic (exact) mass is 222 g/mol. The SMILES string of the molecule is Nc1cccc2ccc(Br)nc12. The lowest BCUT2D eigenvalue weighted by atomic mass is 10.2. The van der Waals surface area contributed by atoms with Crippen molar-refractivity contribution < 1.29 is 0 Å². The van der Waals surface area contributed by atoms with E-state index in [1.807, 2.05) is 30.3 Å². The smallest absolute Gasteiger partial charge is 0.106 e. The first-order chi connectivity index (χ1) is 5.77. The van der Waals surface area contributed by atoms with Gasteiger partial charge in [-0.1, -0.05) is 18.2 Å². The molecule has 0 saturated heterocycles. The number of fused-ring (bicyclic) bond motifs is 1. The van der Waals surface area contributed by atoms with Crippen LogP contribution in [0.15, 0.2) is 34.9 Å². The number of nitrogen functional groups attached to an aromatic ring is 1. The summed E-state index contributed by atoms with van der Waals surface area (Å²) >= 11 is 3.30. The van der Waals surface area contributed by atoms with Gasteiger partial charge in [0.15, 0.2) is 0 Å². The minimum absolute atomic E-state index is 0.716. The zero-order chi connectivity index (χ0) is 8.55. The molecule has 0 aliphatic heterocycles. The zero-order valence-corrected chi connectivity index (χ0v) is 7.88. The number of pyridine rings is 1. The predicted octanol–water partition coefficient (Wildman–Crippen LogP) is 2.58. The number of hydrogen-bond acceptors (Lipinski definition) is 2. The number of nitrogens with zero attached hydrogens (tertiary/aromatic N) is 1.